The van der Waals surface area contributed by atoms with Gasteiger partial charge in [-0.1, -0.05) is 0 Å². The summed E-state index contributed by atoms with van der Waals surface area (Å²) in [5.74, 6) is 0.300. The second-order valence-electron chi connectivity index (χ2n) is 5.59. The zero-order chi connectivity index (χ0) is 15.5. The van der Waals surface area contributed by atoms with Crippen molar-refractivity contribution >= 4 is 11.9 Å². The number of amides is 3. The van der Waals surface area contributed by atoms with Gasteiger partial charge in [0.05, 0.1) is 19.5 Å². The SMILES string of the molecule is Cc1ccoc1C(=O)N1CCN(C(=O)N2CCOCC2)CC1. The van der Waals surface area contributed by atoms with Crippen LogP contribution in [-0.4, -0.2) is 79.1 Å². The third-order valence-corrected chi connectivity index (χ3v) is 4.18. The third-order valence-electron chi connectivity index (χ3n) is 4.18. The molecule has 7 heteroatoms. The van der Waals surface area contributed by atoms with Crippen LogP contribution >= 0.6 is 0 Å². The zero-order valence-electron chi connectivity index (χ0n) is 12.8. The van der Waals surface area contributed by atoms with Crippen LogP contribution < -0.4 is 0 Å². The lowest BCUT2D eigenvalue weighted by atomic mass is 10.2. The smallest absolute Gasteiger partial charge is 0.320 e. The topological polar surface area (TPSA) is 66.2 Å². The number of aryl methyl sites for hydroxylation is 1. The van der Waals surface area contributed by atoms with Crippen molar-refractivity contribution in [3.05, 3.63) is 23.7 Å². The number of furan rings is 1. The Bertz CT molecular complexity index is 543. The molecule has 0 aliphatic carbocycles. The van der Waals surface area contributed by atoms with E-state index in [9.17, 15) is 9.59 Å². The van der Waals surface area contributed by atoms with Gasteiger partial charge in [0.1, 0.15) is 0 Å². The number of ether oxygens (including phenoxy) is 1. The number of carbonyl (C=O) groups excluding carboxylic acids is 2. The lowest BCUT2D eigenvalue weighted by Gasteiger charge is -2.38. The van der Waals surface area contributed by atoms with Gasteiger partial charge in [-0.3, -0.25) is 4.79 Å². The molecule has 0 atom stereocenters. The lowest BCUT2D eigenvalue weighted by molar-refractivity contribution is 0.0357. The summed E-state index contributed by atoms with van der Waals surface area (Å²) in [6.45, 7) is 6.53. The van der Waals surface area contributed by atoms with Crippen molar-refractivity contribution in [1.29, 1.82) is 0 Å². The maximum atomic E-state index is 12.4. The molecule has 7 nitrogen and oxygen atoms in total. The van der Waals surface area contributed by atoms with Crippen LogP contribution in [0, 0.1) is 6.92 Å². The maximum Gasteiger partial charge on any atom is 0.320 e. The molecule has 3 heterocycles. The normalized spacial score (nSPS) is 19.4. The molecule has 0 radical (unpaired) electrons. The molecule has 0 saturated carbocycles. The molecule has 0 bridgehead atoms. The van der Waals surface area contributed by atoms with E-state index < -0.39 is 0 Å². The van der Waals surface area contributed by atoms with Gasteiger partial charge in [-0.05, 0) is 13.0 Å². The molecule has 1 aromatic rings. The molecule has 0 spiro atoms. The summed E-state index contributed by atoms with van der Waals surface area (Å²) in [4.78, 5) is 30.1. The van der Waals surface area contributed by atoms with Crippen LogP contribution in [0.15, 0.2) is 16.7 Å². The first kappa shape index (κ1) is 14.9. The molecule has 0 unspecified atom stereocenters. The predicted molar refractivity (Wildman–Crippen MR) is 78.7 cm³/mol. The number of rotatable bonds is 1. The second kappa shape index (κ2) is 6.39. The Morgan fingerprint density at radius 2 is 1.55 bits per heavy atom. The molecule has 2 fully saturated rings. The van der Waals surface area contributed by atoms with Crippen LogP contribution in [0.2, 0.25) is 0 Å². The number of carbonyl (C=O) groups is 2. The van der Waals surface area contributed by atoms with Gasteiger partial charge in [-0.25, -0.2) is 4.79 Å². The molecular weight excluding hydrogens is 286 g/mol. The fraction of sp³-hybridized carbons (Fsp3) is 0.600. The summed E-state index contributed by atoms with van der Waals surface area (Å²) in [6, 6.07) is 1.83. The summed E-state index contributed by atoms with van der Waals surface area (Å²) >= 11 is 0. The Morgan fingerprint density at radius 3 is 2.14 bits per heavy atom. The molecule has 2 saturated heterocycles. The van der Waals surface area contributed by atoms with E-state index in [1.807, 2.05) is 16.7 Å². The molecule has 0 N–H and O–H groups in total. The predicted octanol–water partition coefficient (Wildman–Crippen LogP) is 0.798. The number of urea groups is 1. The first-order valence-corrected chi connectivity index (χ1v) is 7.62. The molecular formula is C15H21N3O4. The van der Waals surface area contributed by atoms with Gasteiger partial charge in [0.2, 0.25) is 0 Å². The molecule has 2 aliphatic heterocycles. The van der Waals surface area contributed by atoms with E-state index >= 15 is 0 Å². The second-order valence-corrected chi connectivity index (χ2v) is 5.59. The van der Waals surface area contributed by atoms with Crippen LogP contribution in [-0.2, 0) is 4.74 Å². The number of piperazine rings is 1. The molecule has 3 rings (SSSR count). The van der Waals surface area contributed by atoms with Gasteiger partial charge in [0.15, 0.2) is 5.76 Å². The Kier molecular flexibility index (Phi) is 4.33. The fourth-order valence-corrected chi connectivity index (χ4v) is 2.79. The van der Waals surface area contributed by atoms with Crippen molar-refractivity contribution < 1.29 is 18.7 Å². The van der Waals surface area contributed by atoms with Crippen molar-refractivity contribution in [2.45, 2.75) is 6.92 Å². The van der Waals surface area contributed by atoms with Crippen LogP contribution in [0.3, 0.4) is 0 Å². The summed E-state index contributed by atoms with van der Waals surface area (Å²) in [6.07, 6.45) is 1.53. The molecule has 2 aliphatic rings. The van der Waals surface area contributed by atoms with Crippen molar-refractivity contribution in [3.63, 3.8) is 0 Å². The average molecular weight is 307 g/mol. The van der Waals surface area contributed by atoms with E-state index in [4.69, 9.17) is 9.15 Å². The van der Waals surface area contributed by atoms with E-state index in [0.29, 0.717) is 58.2 Å². The Morgan fingerprint density at radius 1 is 0.955 bits per heavy atom. The van der Waals surface area contributed by atoms with Gasteiger partial charge >= 0.3 is 6.03 Å². The monoisotopic (exact) mass is 307 g/mol. The van der Waals surface area contributed by atoms with Crippen LogP contribution in [0.1, 0.15) is 16.1 Å². The first-order valence-electron chi connectivity index (χ1n) is 7.62. The highest BCUT2D eigenvalue weighted by Gasteiger charge is 2.29. The summed E-state index contributed by atoms with van der Waals surface area (Å²) < 4.78 is 10.5. The summed E-state index contributed by atoms with van der Waals surface area (Å²) in [7, 11) is 0. The minimum atomic E-state index is -0.0963. The maximum absolute atomic E-state index is 12.4. The van der Waals surface area contributed by atoms with Crippen molar-refractivity contribution in [1.82, 2.24) is 14.7 Å². The summed E-state index contributed by atoms with van der Waals surface area (Å²) in [5.41, 5.74) is 0.844. The third kappa shape index (κ3) is 2.94. The molecule has 1 aromatic heterocycles. The lowest BCUT2D eigenvalue weighted by Crippen LogP contribution is -2.55. The van der Waals surface area contributed by atoms with Gasteiger partial charge in [0, 0.05) is 44.8 Å². The molecule has 120 valence electrons. The number of hydrogen-bond donors (Lipinski definition) is 0. The van der Waals surface area contributed by atoms with E-state index in [1.165, 1.54) is 6.26 Å². The standard InChI is InChI=1S/C15H21N3O4/c1-12-2-9-22-13(12)14(19)16-3-5-17(6-4-16)15(20)18-7-10-21-11-8-18/h2,9H,3-8,10-11H2,1H3. The highest BCUT2D eigenvalue weighted by atomic mass is 16.5. The minimum absolute atomic E-state index is 0.0459. The quantitative estimate of drug-likeness (QED) is 0.770. The van der Waals surface area contributed by atoms with E-state index in [2.05, 4.69) is 0 Å². The van der Waals surface area contributed by atoms with Crippen LogP contribution in [0.25, 0.3) is 0 Å². The van der Waals surface area contributed by atoms with Gasteiger partial charge in [0.25, 0.3) is 5.91 Å². The Labute approximate surface area is 129 Å². The number of hydrogen-bond acceptors (Lipinski definition) is 4. The largest absolute Gasteiger partial charge is 0.459 e. The Hall–Kier alpha value is -2.02. The van der Waals surface area contributed by atoms with E-state index in [-0.39, 0.29) is 11.9 Å². The van der Waals surface area contributed by atoms with Crippen molar-refractivity contribution in [2.24, 2.45) is 0 Å². The van der Waals surface area contributed by atoms with E-state index in [0.717, 1.165) is 5.56 Å². The highest BCUT2D eigenvalue weighted by Crippen LogP contribution is 2.14. The minimum Gasteiger partial charge on any atom is -0.459 e. The van der Waals surface area contributed by atoms with Gasteiger partial charge < -0.3 is 23.9 Å². The first-order chi connectivity index (χ1) is 10.7. The molecule has 22 heavy (non-hydrogen) atoms. The average Bonchev–Trinajstić information content (AvgIpc) is 3.00. The van der Waals surface area contributed by atoms with Crippen molar-refractivity contribution in [2.75, 3.05) is 52.5 Å². The fourth-order valence-electron chi connectivity index (χ4n) is 2.79. The molecule has 3 amide bonds. The van der Waals surface area contributed by atoms with Crippen LogP contribution in [0.5, 0.6) is 0 Å². The van der Waals surface area contributed by atoms with Crippen molar-refractivity contribution in [3.8, 4) is 0 Å². The van der Waals surface area contributed by atoms with E-state index in [1.54, 1.807) is 11.0 Å². The Balaban J connectivity index is 1.55. The highest BCUT2D eigenvalue weighted by molar-refractivity contribution is 5.93. The van der Waals surface area contributed by atoms with Gasteiger partial charge in [-0.2, -0.15) is 0 Å². The van der Waals surface area contributed by atoms with Gasteiger partial charge in [-0.15, -0.1) is 0 Å². The van der Waals surface area contributed by atoms with Crippen LogP contribution in [0.4, 0.5) is 4.79 Å². The summed E-state index contributed by atoms with van der Waals surface area (Å²) in [5, 5.41) is 0. The zero-order valence-corrected chi connectivity index (χ0v) is 12.8. The number of nitrogens with zero attached hydrogens (tertiary/aromatic N) is 3. The number of morpholine rings is 1. The molecule has 0 aromatic carbocycles.